The molecule has 110 valence electrons. The molecule has 0 bridgehead atoms. The van der Waals surface area contributed by atoms with Gasteiger partial charge >= 0.3 is 0 Å². The molecule has 0 unspecified atom stereocenters. The number of ether oxygens (including phenoxy) is 2. The topological polar surface area (TPSA) is 48.3 Å². The lowest BCUT2D eigenvalue weighted by Crippen LogP contribution is -2.16. The van der Waals surface area contributed by atoms with Crippen molar-refractivity contribution >= 4 is 5.95 Å². The number of nitrogens with one attached hydrogen (secondary N) is 1. The van der Waals surface area contributed by atoms with Gasteiger partial charge in [0.1, 0.15) is 0 Å². The molecule has 1 aromatic heterocycles. The summed E-state index contributed by atoms with van der Waals surface area (Å²) in [5.74, 6) is 0.918. The molecule has 0 spiro atoms. The Morgan fingerprint density at radius 2 is 2.16 bits per heavy atom. The second-order valence-corrected chi connectivity index (χ2v) is 4.80. The fraction of sp³-hybridized carbons (Fsp3) is 0.786. The molecule has 0 aromatic carbocycles. The first-order valence-electron chi connectivity index (χ1n) is 7.10. The number of hydrogen-bond acceptors (Lipinski definition) is 4. The number of hydrogen-bond donors (Lipinski definition) is 1. The van der Waals surface area contributed by atoms with E-state index in [1.165, 1.54) is 0 Å². The van der Waals surface area contributed by atoms with Crippen LogP contribution in [0.1, 0.15) is 32.9 Å². The van der Waals surface area contributed by atoms with E-state index in [-0.39, 0.29) is 6.10 Å². The van der Waals surface area contributed by atoms with Crippen molar-refractivity contribution in [1.29, 1.82) is 0 Å². The van der Waals surface area contributed by atoms with Gasteiger partial charge in [0.2, 0.25) is 5.95 Å². The van der Waals surface area contributed by atoms with Crippen molar-refractivity contribution in [2.24, 2.45) is 0 Å². The molecule has 0 atom stereocenters. The van der Waals surface area contributed by atoms with E-state index in [1.54, 1.807) is 0 Å². The van der Waals surface area contributed by atoms with E-state index in [2.05, 4.69) is 21.1 Å². The molecule has 1 rings (SSSR count). The van der Waals surface area contributed by atoms with Crippen molar-refractivity contribution in [3.63, 3.8) is 0 Å². The Bertz CT molecular complexity index is 350. The van der Waals surface area contributed by atoms with Gasteiger partial charge in [-0.2, -0.15) is 0 Å². The standard InChI is InChI=1S/C14H27N3O2/c1-5-18-9-6-8-17-11-13(4)16-14(17)15-7-10-19-12(2)3/h11-12H,5-10H2,1-4H3,(H,15,16). The van der Waals surface area contributed by atoms with E-state index in [1.807, 2.05) is 27.7 Å². The lowest BCUT2D eigenvalue weighted by Gasteiger charge is -2.11. The Kier molecular flexibility index (Phi) is 7.52. The first kappa shape index (κ1) is 16.0. The van der Waals surface area contributed by atoms with Gasteiger partial charge in [-0.3, -0.25) is 0 Å². The maximum Gasteiger partial charge on any atom is 0.203 e. The zero-order valence-corrected chi connectivity index (χ0v) is 12.6. The van der Waals surface area contributed by atoms with Crippen LogP contribution in [0.2, 0.25) is 0 Å². The molecule has 0 fully saturated rings. The van der Waals surface area contributed by atoms with Crippen LogP contribution in [0.5, 0.6) is 0 Å². The minimum atomic E-state index is 0.273. The van der Waals surface area contributed by atoms with Gasteiger partial charge in [-0.15, -0.1) is 0 Å². The number of nitrogens with zero attached hydrogens (tertiary/aromatic N) is 2. The predicted molar refractivity (Wildman–Crippen MR) is 77.7 cm³/mol. The molecule has 0 saturated carbocycles. The number of imidazole rings is 1. The molecular weight excluding hydrogens is 242 g/mol. The van der Waals surface area contributed by atoms with Gasteiger partial charge in [0.05, 0.1) is 18.4 Å². The van der Waals surface area contributed by atoms with Gasteiger partial charge in [-0.05, 0) is 34.1 Å². The van der Waals surface area contributed by atoms with Crippen molar-refractivity contribution in [2.75, 3.05) is 31.7 Å². The van der Waals surface area contributed by atoms with Gasteiger partial charge in [0.15, 0.2) is 0 Å². The Morgan fingerprint density at radius 3 is 2.84 bits per heavy atom. The Morgan fingerprint density at radius 1 is 1.37 bits per heavy atom. The fourth-order valence-corrected chi connectivity index (χ4v) is 1.80. The fourth-order valence-electron chi connectivity index (χ4n) is 1.80. The first-order chi connectivity index (χ1) is 9.13. The van der Waals surface area contributed by atoms with Crippen LogP contribution in [0.3, 0.4) is 0 Å². The largest absolute Gasteiger partial charge is 0.382 e. The summed E-state index contributed by atoms with van der Waals surface area (Å²) in [6.45, 7) is 12.1. The zero-order valence-electron chi connectivity index (χ0n) is 12.6. The number of rotatable bonds is 10. The Labute approximate surface area is 116 Å². The van der Waals surface area contributed by atoms with E-state index in [4.69, 9.17) is 9.47 Å². The first-order valence-corrected chi connectivity index (χ1v) is 7.10. The molecule has 5 nitrogen and oxygen atoms in total. The monoisotopic (exact) mass is 269 g/mol. The van der Waals surface area contributed by atoms with Gasteiger partial charge in [0, 0.05) is 32.5 Å². The van der Waals surface area contributed by atoms with Crippen LogP contribution in [0.4, 0.5) is 5.95 Å². The van der Waals surface area contributed by atoms with Crippen LogP contribution >= 0.6 is 0 Å². The van der Waals surface area contributed by atoms with Crippen LogP contribution < -0.4 is 5.32 Å². The third kappa shape index (κ3) is 6.59. The lowest BCUT2D eigenvalue weighted by molar-refractivity contribution is 0.0869. The average Bonchev–Trinajstić information content (AvgIpc) is 2.71. The van der Waals surface area contributed by atoms with Crippen LogP contribution in [0.25, 0.3) is 0 Å². The second-order valence-electron chi connectivity index (χ2n) is 4.80. The third-order valence-electron chi connectivity index (χ3n) is 2.63. The van der Waals surface area contributed by atoms with E-state index in [9.17, 15) is 0 Å². The van der Waals surface area contributed by atoms with Crippen molar-refractivity contribution in [3.8, 4) is 0 Å². The van der Waals surface area contributed by atoms with Crippen LogP contribution in [-0.4, -0.2) is 42.0 Å². The SMILES string of the molecule is CCOCCCn1cc(C)nc1NCCOC(C)C. The number of aromatic nitrogens is 2. The molecule has 19 heavy (non-hydrogen) atoms. The highest BCUT2D eigenvalue weighted by Gasteiger charge is 2.04. The normalized spacial score (nSPS) is 11.2. The van der Waals surface area contributed by atoms with E-state index in [0.29, 0.717) is 6.61 Å². The van der Waals surface area contributed by atoms with Gasteiger partial charge in [-0.1, -0.05) is 0 Å². The minimum Gasteiger partial charge on any atom is -0.382 e. The molecule has 0 saturated heterocycles. The summed E-state index contributed by atoms with van der Waals surface area (Å²) in [5.41, 5.74) is 1.03. The summed E-state index contributed by atoms with van der Waals surface area (Å²) in [4.78, 5) is 4.48. The smallest absolute Gasteiger partial charge is 0.203 e. The summed E-state index contributed by atoms with van der Waals surface area (Å²) in [7, 11) is 0. The summed E-state index contributed by atoms with van der Waals surface area (Å²) in [6.07, 6.45) is 3.34. The molecule has 0 aliphatic heterocycles. The quantitative estimate of drug-likeness (QED) is 0.663. The Hall–Kier alpha value is -1.07. The maximum absolute atomic E-state index is 5.50. The molecule has 0 amide bonds. The summed E-state index contributed by atoms with van der Waals surface area (Å²) in [5, 5.41) is 3.32. The van der Waals surface area contributed by atoms with Gasteiger partial charge in [-0.25, -0.2) is 4.98 Å². The summed E-state index contributed by atoms with van der Waals surface area (Å²) in [6, 6.07) is 0. The second kappa shape index (κ2) is 8.93. The molecule has 1 N–H and O–H groups in total. The molecule has 1 heterocycles. The van der Waals surface area contributed by atoms with Gasteiger partial charge in [0.25, 0.3) is 0 Å². The molecule has 0 aliphatic rings. The van der Waals surface area contributed by atoms with Gasteiger partial charge < -0.3 is 19.4 Å². The highest BCUT2D eigenvalue weighted by molar-refractivity contribution is 5.28. The molecule has 0 radical (unpaired) electrons. The number of aryl methyl sites for hydroxylation is 2. The zero-order chi connectivity index (χ0) is 14.1. The molecule has 1 aromatic rings. The van der Waals surface area contributed by atoms with Crippen molar-refractivity contribution in [3.05, 3.63) is 11.9 Å². The highest BCUT2D eigenvalue weighted by atomic mass is 16.5. The summed E-state index contributed by atoms with van der Waals surface area (Å²) >= 11 is 0. The molecule has 0 aliphatic carbocycles. The van der Waals surface area contributed by atoms with Crippen LogP contribution in [0.15, 0.2) is 6.20 Å². The van der Waals surface area contributed by atoms with Crippen molar-refractivity contribution < 1.29 is 9.47 Å². The maximum atomic E-state index is 5.50. The van der Waals surface area contributed by atoms with E-state index < -0.39 is 0 Å². The van der Waals surface area contributed by atoms with Crippen molar-refractivity contribution in [1.82, 2.24) is 9.55 Å². The van der Waals surface area contributed by atoms with E-state index >= 15 is 0 Å². The summed E-state index contributed by atoms with van der Waals surface area (Å²) < 4.78 is 13.0. The average molecular weight is 269 g/mol. The van der Waals surface area contributed by atoms with E-state index in [0.717, 1.165) is 44.4 Å². The van der Waals surface area contributed by atoms with Crippen LogP contribution in [-0.2, 0) is 16.0 Å². The number of anilines is 1. The molecule has 5 heteroatoms. The predicted octanol–water partition coefficient (Wildman–Crippen LogP) is 2.46. The third-order valence-corrected chi connectivity index (χ3v) is 2.63. The lowest BCUT2D eigenvalue weighted by atomic mass is 10.4. The minimum absolute atomic E-state index is 0.273. The molecular formula is C14H27N3O2. The van der Waals surface area contributed by atoms with Crippen LogP contribution in [0, 0.1) is 6.92 Å². The Balaban J connectivity index is 2.35. The van der Waals surface area contributed by atoms with Crippen molar-refractivity contribution in [2.45, 2.75) is 46.8 Å². The highest BCUT2D eigenvalue weighted by Crippen LogP contribution is 2.09.